The van der Waals surface area contributed by atoms with Gasteiger partial charge in [0.1, 0.15) is 12.1 Å². The van der Waals surface area contributed by atoms with Gasteiger partial charge in [0.15, 0.2) is 0 Å². The van der Waals surface area contributed by atoms with Crippen molar-refractivity contribution >= 4 is 22.9 Å². The number of carbonyl (C=O) groups excluding carboxylic acids is 1. The van der Waals surface area contributed by atoms with E-state index in [1.165, 1.54) is 23.5 Å². The van der Waals surface area contributed by atoms with E-state index >= 15 is 0 Å². The molecule has 23 heavy (non-hydrogen) atoms. The summed E-state index contributed by atoms with van der Waals surface area (Å²) in [6, 6.07) is 6.56. The molecule has 0 spiro atoms. The molecule has 0 fully saturated rings. The number of alkyl halides is 3. The van der Waals surface area contributed by atoms with E-state index in [4.69, 9.17) is 0 Å². The number of halogens is 3. The van der Waals surface area contributed by atoms with Gasteiger partial charge in [-0.15, -0.1) is 0 Å². The van der Waals surface area contributed by atoms with Gasteiger partial charge in [-0.1, -0.05) is 12.1 Å². The Morgan fingerprint density at radius 2 is 1.96 bits per heavy atom. The molecule has 0 N–H and O–H groups in total. The number of nitro benzene ring substituents is 1. The number of hydrogen-bond acceptors (Lipinski definition) is 4. The topological polar surface area (TPSA) is 63.4 Å². The van der Waals surface area contributed by atoms with Crippen molar-refractivity contribution in [2.75, 3.05) is 6.54 Å². The highest BCUT2D eigenvalue weighted by atomic mass is 32.1. The molecular weight excluding hydrogens is 333 g/mol. The lowest BCUT2D eigenvalue weighted by Crippen LogP contribution is -2.38. The van der Waals surface area contributed by atoms with Crippen molar-refractivity contribution in [3.8, 4) is 0 Å². The van der Waals surface area contributed by atoms with Crippen LogP contribution in [0, 0.1) is 10.1 Å². The Labute approximate surface area is 133 Å². The fourth-order valence-corrected chi connectivity index (χ4v) is 2.66. The minimum Gasteiger partial charge on any atom is -0.325 e. The molecule has 122 valence electrons. The number of para-hydroxylation sites is 1. The number of benzene rings is 1. The van der Waals surface area contributed by atoms with Crippen molar-refractivity contribution in [2.45, 2.75) is 12.7 Å². The van der Waals surface area contributed by atoms with E-state index in [1.807, 2.05) is 0 Å². The van der Waals surface area contributed by atoms with Crippen LogP contribution in [0.5, 0.6) is 0 Å². The molecule has 5 nitrogen and oxygen atoms in total. The molecule has 0 saturated heterocycles. The third kappa shape index (κ3) is 4.52. The monoisotopic (exact) mass is 344 g/mol. The maximum atomic E-state index is 12.7. The molecule has 2 aromatic rings. The summed E-state index contributed by atoms with van der Waals surface area (Å²) in [6.07, 6.45) is -4.60. The zero-order chi connectivity index (χ0) is 17.0. The van der Waals surface area contributed by atoms with Crippen LogP contribution in [0.15, 0.2) is 41.1 Å². The molecule has 0 aliphatic heterocycles. The molecule has 0 atom stereocenters. The van der Waals surface area contributed by atoms with Crippen LogP contribution in [0.2, 0.25) is 0 Å². The largest absolute Gasteiger partial charge is 0.406 e. The second-order valence-electron chi connectivity index (χ2n) is 4.68. The predicted molar refractivity (Wildman–Crippen MR) is 78.2 cm³/mol. The Hall–Kier alpha value is -2.42. The Balaban J connectivity index is 2.34. The number of amides is 1. The predicted octanol–water partition coefficient (Wildman–Crippen LogP) is 3.86. The Kier molecular flexibility index (Phi) is 4.99. The zero-order valence-electron chi connectivity index (χ0n) is 11.6. The van der Waals surface area contributed by atoms with E-state index in [9.17, 15) is 28.1 Å². The van der Waals surface area contributed by atoms with Crippen LogP contribution in [-0.4, -0.2) is 28.5 Å². The van der Waals surface area contributed by atoms with Crippen LogP contribution >= 0.6 is 11.3 Å². The zero-order valence-corrected chi connectivity index (χ0v) is 12.4. The summed E-state index contributed by atoms with van der Waals surface area (Å²) in [4.78, 5) is 23.1. The van der Waals surface area contributed by atoms with E-state index in [-0.39, 0.29) is 12.1 Å². The summed E-state index contributed by atoms with van der Waals surface area (Å²) in [5, 5.41) is 14.3. The van der Waals surface area contributed by atoms with Gasteiger partial charge in [0.05, 0.1) is 4.92 Å². The van der Waals surface area contributed by atoms with E-state index < -0.39 is 29.2 Å². The van der Waals surface area contributed by atoms with Gasteiger partial charge >= 0.3 is 6.18 Å². The van der Waals surface area contributed by atoms with E-state index in [2.05, 4.69) is 0 Å². The quantitative estimate of drug-likeness (QED) is 0.611. The molecule has 0 aliphatic rings. The summed E-state index contributed by atoms with van der Waals surface area (Å²) in [5.41, 5.74) is -0.349. The van der Waals surface area contributed by atoms with Gasteiger partial charge < -0.3 is 4.90 Å². The highest BCUT2D eigenvalue weighted by Gasteiger charge is 2.35. The highest BCUT2D eigenvalue weighted by Crippen LogP contribution is 2.24. The van der Waals surface area contributed by atoms with E-state index in [0.717, 1.165) is 12.1 Å². The molecule has 0 radical (unpaired) electrons. The lowest BCUT2D eigenvalue weighted by Gasteiger charge is -2.23. The van der Waals surface area contributed by atoms with Crippen LogP contribution < -0.4 is 0 Å². The molecule has 0 bridgehead atoms. The lowest BCUT2D eigenvalue weighted by atomic mass is 10.1. The number of hydrogen-bond donors (Lipinski definition) is 0. The maximum absolute atomic E-state index is 12.7. The van der Waals surface area contributed by atoms with Crippen molar-refractivity contribution in [1.29, 1.82) is 0 Å². The first-order valence-corrected chi connectivity index (χ1v) is 7.33. The Bertz CT molecular complexity index is 702. The molecule has 2 rings (SSSR count). The first kappa shape index (κ1) is 16.9. The molecule has 0 aliphatic carbocycles. The van der Waals surface area contributed by atoms with Crippen molar-refractivity contribution in [1.82, 2.24) is 4.90 Å². The summed E-state index contributed by atoms with van der Waals surface area (Å²) < 4.78 is 38.2. The van der Waals surface area contributed by atoms with Crippen LogP contribution in [-0.2, 0) is 6.54 Å². The minimum absolute atomic E-state index is 0.270. The van der Waals surface area contributed by atoms with Gasteiger partial charge in [0.2, 0.25) is 0 Å². The standard InChI is InChI=1S/C14H11F3N2O3S/c15-14(16,17)9-18(7-10-5-6-23-8-10)13(20)11-3-1-2-4-12(11)19(21)22/h1-6,8H,7,9H2. The van der Waals surface area contributed by atoms with Crippen molar-refractivity contribution < 1.29 is 22.9 Å². The van der Waals surface area contributed by atoms with E-state index in [0.29, 0.717) is 10.5 Å². The van der Waals surface area contributed by atoms with E-state index in [1.54, 1.807) is 16.8 Å². The molecule has 9 heteroatoms. The summed E-state index contributed by atoms with van der Waals surface area (Å²) >= 11 is 1.29. The average molecular weight is 344 g/mol. The highest BCUT2D eigenvalue weighted by molar-refractivity contribution is 7.07. The van der Waals surface area contributed by atoms with Crippen molar-refractivity contribution in [2.24, 2.45) is 0 Å². The smallest absolute Gasteiger partial charge is 0.325 e. The third-order valence-corrected chi connectivity index (χ3v) is 3.67. The first-order valence-electron chi connectivity index (χ1n) is 6.38. The van der Waals surface area contributed by atoms with Gasteiger partial charge in [-0.25, -0.2) is 0 Å². The molecule has 1 aromatic carbocycles. The SMILES string of the molecule is O=C(c1ccccc1[N+](=O)[O-])N(Cc1ccsc1)CC(F)(F)F. The fourth-order valence-electron chi connectivity index (χ4n) is 2.00. The summed E-state index contributed by atoms with van der Waals surface area (Å²) in [7, 11) is 0. The maximum Gasteiger partial charge on any atom is 0.406 e. The number of nitro groups is 1. The number of nitrogens with zero attached hydrogens (tertiary/aromatic N) is 2. The molecule has 1 heterocycles. The van der Waals surface area contributed by atoms with Gasteiger partial charge in [-0.05, 0) is 28.5 Å². The molecule has 0 unspecified atom stereocenters. The van der Waals surface area contributed by atoms with Crippen molar-refractivity contribution in [3.05, 3.63) is 62.3 Å². The summed E-state index contributed by atoms with van der Waals surface area (Å²) in [6.45, 7) is -1.75. The Morgan fingerprint density at radius 3 is 2.52 bits per heavy atom. The van der Waals surface area contributed by atoms with Crippen LogP contribution in [0.25, 0.3) is 0 Å². The number of thiophene rings is 1. The number of rotatable bonds is 5. The normalized spacial score (nSPS) is 11.3. The molecule has 1 amide bonds. The number of carbonyl (C=O) groups is 1. The van der Waals surface area contributed by atoms with Gasteiger partial charge in [-0.3, -0.25) is 14.9 Å². The first-order chi connectivity index (χ1) is 10.8. The summed E-state index contributed by atoms with van der Waals surface area (Å²) in [5.74, 6) is -1.03. The second kappa shape index (κ2) is 6.78. The van der Waals surface area contributed by atoms with Crippen LogP contribution in [0.1, 0.15) is 15.9 Å². The van der Waals surface area contributed by atoms with Gasteiger partial charge in [-0.2, -0.15) is 24.5 Å². The minimum atomic E-state index is -4.60. The molecule has 1 aromatic heterocycles. The van der Waals surface area contributed by atoms with Crippen LogP contribution in [0.4, 0.5) is 18.9 Å². The molecule has 0 saturated carbocycles. The molecular formula is C14H11F3N2O3S. The van der Waals surface area contributed by atoms with Crippen LogP contribution in [0.3, 0.4) is 0 Å². The van der Waals surface area contributed by atoms with Gasteiger partial charge in [0.25, 0.3) is 11.6 Å². The Morgan fingerprint density at radius 1 is 1.26 bits per heavy atom. The second-order valence-corrected chi connectivity index (χ2v) is 5.46. The lowest BCUT2D eigenvalue weighted by molar-refractivity contribution is -0.385. The third-order valence-electron chi connectivity index (χ3n) is 2.94. The van der Waals surface area contributed by atoms with Crippen molar-refractivity contribution in [3.63, 3.8) is 0 Å². The average Bonchev–Trinajstić information content (AvgIpc) is 2.97. The fraction of sp³-hybridized carbons (Fsp3) is 0.214. The van der Waals surface area contributed by atoms with Gasteiger partial charge in [0, 0.05) is 12.6 Å².